The van der Waals surface area contributed by atoms with E-state index >= 15 is 0 Å². The van der Waals surface area contributed by atoms with Crippen molar-refractivity contribution in [2.75, 3.05) is 30.0 Å². The van der Waals surface area contributed by atoms with Crippen molar-refractivity contribution in [2.45, 2.75) is 0 Å². The van der Waals surface area contributed by atoms with Crippen LogP contribution in [0.25, 0.3) is 0 Å². The zero-order chi connectivity index (χ0) is 12.3. The van der Waals surface area contributed by atoms with E-state index in [-0.39, 0.29) is 5.91 Å². The Morgan fingerprint density at radius 1 is 1.53 bits per heavy atom. The van der Waals surface area contributed by atoms with Crippen molar-refractivity contribution < 1.29 is 4.79 Å². The van der Waals surface area contributed by atoms with Gasteiger partial charge in [0.15, 0.2) is 5.82 Å². The normalized spacial score (nSPS) is 15.8. The number of amides is 1. The van der Waals surface area contributed by atoms with E-state index in [0.29, 0.717) is 16.4 Å². The Hall–Kier alpha value is -0.980. The molecule has 92 valence electrons. The fourth-order valence-corrected chi connectivity index (χ4v) is 2.73. The Kier molecular flexibility index (Phi) is 4.09. The summed E-state index contributed by atoms with van der Waals surface area (Å²) in [5.41, 5.74) is 2.87. The number of nitrogens with one attached hydrogen (secondary N) is 1. The first kappa shape index (κ1) is 12.5. The molecular weight excluding hydrogens is 260 g/mol. The van der Waals surface area contributed by atoms with Gasteiger partial charge in [0.25, 0.3) is 5.91 Å². The minimum Gasteiger partial charge on any atom is -0.337 e. The molecule has 1 aromatic rings. The summed E-state index contributed by atoms with van der Waals surface area (Å²) in [6.45, 7) is 1.55. The third kappa shape index (κ3) is 2.83. The average molecular weight is 273 g/mol. The van der Waals surface area contributed by atoms with Gasteiger partial charge in [0, 0.05) is 30.8 Å². The molecular formula is C10H13ClN4OS. The molecule has 2 rings (SSSR count). The van der Waals surface area contributed by atoms with Crippen LogP contribution in [0.15, 0.2) is 12.3 Å². The van der Waals surface area contributed by atoms with Crippen molar-refractivity contribution >= 4 is 35.1 Å². The fourth-order valence-electron chi connectivity index (χ4n) is 1.61. The number of hydrogen-bond acceptors (Lipinski definition) is 5. The first-order valence-corrected chi connectivity index (χ1v) is 6.75. The second-order valence-corrected chi connectivity index (χ2v) is 5.24. The van der Waals surface area contributed by atoms with E-state index in [0.717, 1.165) is 24.6 Å². The molecule has 1 aliphatic heterocycles. The maximum Gasteiger partial charge on any atom is 0.255 e. The molecule has 0 atom stereocenters. The van der Waals surface area contributed by atoms with Gasteiger partial charge in [-0.25, -0.2) is 10.8 Å². The van der Waals surface area contributed by atoms with E-state index in [1.807, 2.05) is 16.7 Å². The lowest BCUT2D eigenvalue weighted by Crippen LogP contribution is -2.37. The molecule has 0 radical (unpaired) electrons. The highest BCUT2D eigenvalue weighted by atomic mass is 35.5. The van der Waals surface area contributed by atoms with Crippen molar-refractivity contribution in [1.29, 1.82) is 0 Å². The average Bonchev–Trinajstić information content (AvgIpc) is 2.39. The third-order valence-electron chi connectivity index (χ3n) is 2.52. The number of nitrogens with two attached hydrogens (primary N) is 1. The first-order chi connectivity index (χ1) is 8.22. The number of pyridine rings is 1. The molecule has 0 saturated carbocycles. The quantitative estimate of drug-likeness (QED) is 0.625. The van der Waals surface area contributed by atoms with Gasteiger partial charge in [0.05, 0.1) is 10.6 Å². The standard InChI is InChI=1S/C10H13ClN4OS/c11-8-5-7(6-13-9(8)14-12)10(16)15-1-3-17-4-2-15/h5-6H,1-4,12H2,(H,13,14). The van der Waals surface area contributed by atoms with E-state index in [9.17, 15) is 4.79 Å². The fraction of sp³-hybridized carbons (Fsp3) is 0.400. The smallest absolute Gasteiger partial charge is 0.255 e. The van der Waals surface area contributed by atoms with Gasteiger partial charge in [-0.1, -0.05) is 11.6 Å². The number of aromatic nitrogens is 1. The van der Waals surface area contributed by atoms with Gasteiger partial charge in [0.1, 0.15) is 0 Å². The monoisotopic (exact) mass is 272 g/mol. The van der Waals surface area contributed by atoms with E-state index < -0.39 is 0 Å². The largest absolute Gasteiger partial charge is 0.337 e. The van der Waals surface area contributed by atoms with Crippen LogP contribution < -0.4 is 11.3 Å². The first-order valence-electron chi connectivity index (χ1n) is 5.21. The molecule has 1 aliphatic rings. The van der Waals surface area contributed by atoms with Crippen LogP contribution >= 0.6 is 23.4 Å². The molecule has 2 heterocycles. The lowest BCUT2D eigenvalue weighted by atomic mass is 10.2. The predicted octanol–water partition coefficient (Wildman–Crippen LogP) is 1.21. The van der Waals surface area contributed by atoms with Crippen molar-refractivity contribution in [1.82, 2.24) is 9.88 Å². The Bertz CT molecular complexity index is 423. The van der Waals surface area contributed by atoms with Crippen LogP contribution in [0.4, 0.5) is 5.82 Å². The van der Waals surface area contributed by atoms with E-state index in [1.165, 1.54) is 6.20 Å². The van der Waals surface area contributed by atoms with Gasteiger partial charge >= 0.3 is 0 Å². The van der Waals surface area contributed by atoms with Crippen LogP contribution in [0.3, 0.4) is 0 Å². The lowest BCUT2D eigenvalue weighted by Gasteiger charge is -2.26. The number of carbonyl (C=O) groups excluding carboxylic acids is 1. The molecule has 5 nitrogen and oxygen atoms in total. The highest BCUT2D eigenvalue weighted by molar-refractivity contribution is 7.99. The molecule has 0 aromatic carbocycles. The summed E-state index contributed by atoms with van der Waals surface area (Å²) in [7, 11) is 0. The minimum atomic E-state index is -0.0247. The summed E-state index contributed by atoms with van der Waals surface area (Å²) in [5.74, 6) is 7.54. The Morgan fingerprint density at radius 3 is 2.82 bits per heavy atom. The predicted molar refractivity (Wildman–Crippen MR) is 70.3 cm³/mol. The summed E-state index contributed by atoms with van der Waals surface area (Å²) >= 11 is 7.79. The van der Waals surface area contributed by atoms with Crippen LogP contribution in [0, 0.1) is 0 Å². The van der Waals surface area contributed by atoms with Gasteiger partial charge in [-0.05, 0) is 6.07 Å². The number of nitrogen functional groups attached to an aromatic ring is 1. The zero-order valence-corrected chi connectivity index (χ0v) is 10.7. The molecule has 0 spiro atoms. The maximum atomic E-state index is 12.1. The maximum absolute atomic E-state index is 12.1. The van der Waals surface area contributed by atoms with Crippen LogP contribution in [0.5, 0.6) is 0 Å². The third-order valence-corrected chi connectivity index (χ3v) is 3.75. The Morgan fingerprint density at radius 2 is 2.24 bits per heavy atom. The van der Waals surface area contributed by atoms with E-state index in [1.54, 1.807) is 6.07 Å². The van der Waals surface area contributed by atoms with E-state index in [4.69, 9.17) is 17.4 Å². The summed E-state index contributed by atoms with van der Waals surface area (Å²) in [6, 6.07) is 1.59. The molecule has 1 saturated heterocycles. The molecule has 0 unspecified atom stereocenters. The summed E-state index contributed by atoms with van der Waals surface area (Å²) in [4.78, 5) is 17.9. The van der Waals surface area contributed by atoms with Crippen LogP contribution in [0.1, 0.15) is 10.4 Å². The minimum absolute atomic E-state index is 0.0247. The molecule has 0 aliphatic carbocycles. The summed E-state index contributed by atoms with van der Waals surface area (Å²) in [5, 5.41) is 0.352. The number of nitrogens with zero attached hydrogens (tertiary/aromatic N) is 2. The molecule has 0 bridgehead atoms. The number of rotatable bonds is 2. The van der Waals surface area contributed by atoms with Crippen LogP contribution in [0.2, 0.25) is 5.02 Å². The SMILES string of the molecule is NNc1ncc(C(=O)N2CCSCC2)cc1Cl. The molecule has 17 heavy (non-hydrogen) atoms. The van der Waals surface area contributed by atoms with Crippen molar-refractivity contribution in [3.8, 4) is 0 Å². The molecule has 7 heteroatoms. The lowest BCUT2D eigenvalue weighted by molar-refractivity contribution is 0.0772. The molecule has 1 aromatic heterocycles. The zero-order valence-electron chi connectivity index (χ0n) is 9.15. The summed E-state index contributed by atoms with van der Waals surface area (Å²) in [6.07, 6.45) is 1.49. The number of hydrazine groups is 1. The van der Waals surface area contributed by atoms with Crippen LogP contribution in [-0.4, -0.2) is 40.4 Å². The topological polar surface area (TPSA) is 71.2 Å². The van der Waals surface area contributed by atoms with Crippen molar-refractivity contribution in [3.05, 3.63) is 22.8 Å². The Balaban J connectivity index is 2.16. The van der Waals surface area contributed by atoms with Gasteiger partial charge in [-0.2, -0.15) is 11.8 Å². The molecule has 1 amide bonds. The Labute approximate surface area is 109 Å². The number of anilines is 1. The van der Waals surface area contributed by atoms with Crippen LogP contribution in [-0.2, 0) is 0 Å². The number of halogens is 1. The number of thioether (sulfide) groups is 1. The van der Waals surface area contributed by atoms with Gasteiger partial charge in [0.2, 0.25) is 0 Å². The van der Waals surface area contributed by atoms with Crippen molar-refractivity contribution in [3.63, 3.8) is 0 Å². The van der Waals surface area contributed by atoms with Crippen molar-refractivity contribution in [2.24, 2.45) is 5.84 Å². The second-order valence-electron chi connectivity index (χ2n) is 3.60. The van der Waals surface area contributed by atoms with Gasteiger partial charge in [-0.15, -0.1) is 0 Å². The molecule has 1 fully saturated rings. The second kappa shape index (κ2) is 5.57. The molecule has 3 N–H and O–H groups in total. The van der Waals surface area contributed by atoms with E-state index in [2.05, 4.69) is 10.4 Å². The highest BCUT2D eigenvalue weighted by Crippen LogP contribution is 2.20. The highest BCUT2D eigenvalue weighted by Gasteiger charge is 2.19. The van der Waals surface area contributed by atoms with Gasteiger partial charge in [-0.3, -0.25) is 4.79 Å². The van der Waals surface area contributed by atoms with Gasteiger partial charge < -0.3 is 10.3 Å². The summed E-state index contributed by atoms with van der Waals surface area (Å²) < 4.78 is 0. The number of carbonyl (C=O) groups is 1. The number of hydrogen-bond donors (Lipinski definition) is 2.